The number of nitrogens with zero attached hydrogens (tertiary/aromatic N) is 1. The third kappa shape index (κ3) is 4.33. The lowest BCUT2D eigenvalue weighted by atomic mass is 9.94. The predicted molar refractivity (Wildman–Crippen MR) is 85.4 cm³/mol. The molecule has 2 amide bonds. The van der Waals surface area contributed by atoms with Crippen molar-refractivity contribution in [3.8, 4) is 0 Å². The normalized spacial score (nSPS) is 27.4. The van der Waals surface area contributed by atoms with Gasteiger partial charge in [-0.2, -0.15) is 0 Å². The lowest BCUT2D eigenvalue weighted by molar-refractivity contribution is -0.139. The average molecular weight is 318 g/mol. The van der Waals surface area contributed by atoms with Gasteiger partial charge in [-0.1, -0.05) is 20.8 Å². The molecular weight excluding hydrogens is 290 g/mol. The van der Waals surface area contributed by atoms with Crippen molar-refractivity contribution in [3.63, 3.8) is 0 Å². The van der Waals surface area contributed by atoms with Crippen molar-refractivity contribution < 1.29 is 9.59 Å². The molecule has 5 nitrogen and oxygen atoms in total. The summed E-state index contributed by atoms with van der Waals surface area (Å²) in [6, 6.07) is -0.0882. The van der Waals surface area contributed by atoms with Crippen LogP contribution in [-0.4, -0.2) is 48.4 Å². The van der Waals surface area contributed by atoms with Gasteiger partial charge in [0.2, 0.25) is 11.8 Å². The average Bonchev–Trinajstić information content (AvgIpc) is 2.78. The Morgan fingerprint density at radius 1 is 1.43 bits per heavy atom. The van der Waals surface area contributed by atoms with Crippen LogP contribution in [0.4, 0.5) is 0 Å². The first-order valence-electron chi connectivity index (χ1n) is 7.81. The predicted octanol–water partition coefficient (Wildman–Crippen LogP) is 1.17. The third-order valence-electron chi connectivity index (χ3n) is 4.46. The van der Waals surface area contributed by atoms with E-state index < -0.39 is 0 Å². The first-order chi connectivity index (χ1) is 9.50. The van der Waals surface area contributed by atoms with Crippen molar-refractivity contribution in [2.24, 2.45) is 11.8 Å². The van der Waals surface area contributed by atoms with Gasteiger partial charge in [-0.15, -0.1) is 12.4 Å². The number of likely N-dealkylation sites (tertiary alicyclic amines) is 1. The molecule has 2 N–H and O–H groups in total. The zero-order valence-corrected chi connectivity index (χ0v) is 14.0. The Morgan fingerprint density at radius 2 is 2.14 bits per heavy atom. The summed E-state index contributed by atoms with van der Waals surface area (Å²) in [6.07, 6.45) is 2.42. The van der Waals surface area contributed by atoms with Gasteiger partial charge in [-0.3, -0.25) is 9.59 Å². The minimum absolute atomic E-state index is 0. The van der Waals surface area contributed by atoms with Gasteiger partial charge in [0.15, 0.2) is 0 Å². The number of hydrogen-bond acceptors (Lipinski definition) is 3. The molecule has 0 bridgehead atoms. The Labute approximate surface area is 133 Å². The molecule has 2 saturated heterocycles. The Bertz CT molecular complexity index is 376. The molecule has 2 aliphatic heterocycles. The molecule has 3 atom stereocenters. The highest BCUT2D eigenvalue weighted by molar-refractivity contribution is 5.89. The van der Waals surface area contributed by atoms with Crippen LogP contribution < -0.4 is 10.6 Å². The van der Waals surface area contributed by atoms with Gasteiger partial charge in [0.1, 0.15) is 6.04 Å². The Kier molecular flexibility index (Phi) is 6.94. The molecular formula is C15H28ClN3O2. The fraction of sp³-hybridized carbons (Fsp3) is 0.867. The number of hydrogen-bond donors (Lipinski definition) is 2. The molecule has 0 aromatic rings. The summed E-state index contributed by atoms with van der Waals surface area (Å²) >= 11 is 0. The summed E-state index contributed by atoms with van der Waals surface area (Å²) in [7, 11) is 0. The minimum Gasteiger partial charge on any atom is -0.351 e. The Balaban J connectivity index is 0.00000220. The standard InChI is InChI=1S/C15H27N3O2.ClH/c1-10(2)14(18-8-4-5-13(18)19)15(20)17-12-6-7-16-9-11(12)3;/h10-12,14,16H,4-9H2,1-3H3,(H,17,20);1H. The lowest BCUT2D eigenvalue weighted by Gasteiger charge is -2.35. The highest BCUT2D eigenvalue weighted by atomic mass is 35.5. The van der Waals surface area contributed by atoms with Gasteiger partial charge in [0, 0.05) is 19.0 Å². The van der Waals surface area contributed by atoms with Crippen LogP contribution in [0.2, 0.25) is 0 Å². The maximum absolute atomic E-state index is 12.6. The van der Waals surface area contributed by atoms with Crippen molar-refractivity contribution in [3.05, 3.63) is 0 Å². The van der Waals surface area contributed by atoms with E-state index in [1.54, 1.807) is 4.90 Å². The van der Waals surface area contributed by atoms with E-state index in [1.165, 1.54) is 0 Å². The van der Waals surface area contributed by atoms with Crippen LogP contribution in [0.1, 0.15) is 40.0 Å². The molecule has 122 valence electrons. The highest BCUT2D eigenvalue weighted by Gasteiger charge is 2.36. The first-order valence-corrected chi connectivity index (χ1v) is 7.81. The molecule has 0 aliphatic carbocycles. The van der Waals surface area contributed by atoms with E-state index in [9.17, 15) is 9.59 Å². The van der Waals surface area contributed by atoms with Crippen LogP contribution in [0.3, 0.4) is 0 Å². The lowest BCUT2D eigenvalue weighted by Crippen LogP contribution is -2.56. The fourth-order valence-electron chi connectivity index (χ4n) is 3.26. The van der Waals surface area contributed by atoms with Gasteiger partial charge in [0.25, 0.3) is 0 Å². The van der Waals surface area contributed by atoms with Crippen molar-refractivity contribution in [1.82, 2.24) is 15.5 Å². The van der Waals surface area contributed by atoms with Crippen molar-refractivity contribution in [1.29, 1.82) is 0 Å². The topological polar surface area (TPSA) is 61.4 Å². The summed E-state index contributed by atoms with van der Waals surface area (Å²) in [5, 5.41) is 6.51. The maximum Gasteiger partial charge on any atom is 0.243 e. The summed E-state index contributed by atoms with van der Waals surface area (Å²) in [5.74, 6) is 0.732. The number of carbonyl (C=O) groups is 2. The number of carbonyl (C=O) groups excluding carboxylic acids is 2. The smallest absolute Gasteiger partial charge is 0.243 e. The van der Waals surface area contributed by atoms with Crippen LogP contribution in [0.25, 0.3) is 0 Å². The van der Waals surface area contributed by atoms with Crippen LogP contribution in [0, 0.1) is 11.8 Å². The Hall–Kier alpha value is -0.810. The minimum atomic E-state index is -0.313. The van der Waals surface area contributed by atoms with E-state index in [0.717, 1.165) is 32.5 Å². The quantitative estimate of drug-likeness (QED) is 0.818. The number of nitrogens with one attached hydrogen (secondary N) is 2. The number of rotatable bonds is 4. The fourth-order valence-corrected chi connectivity index (χ4v) is 3.26. The van der Waals surface area contributed by atoms with Crippen LogP contribution in [0.5, 0.6) is 0 Å². The van der Waals surface area contributed by atoms with Crippen LogP contribution in [-0.2, 0) is 9.59 Å². The molecule has 3 unspecified atom stereocenters. The molecule has 0 aromatic carbocycles. The summed E-state index contributed by atoms with van der Waals surface area (Å²) in [6.45, 7) is 8.80. The number of halogens is 1. The molecule has 0 spiro atoms. The molecule has 0 aromatic heterocycles. The van der Waals surface area contributed by atoms with Crippen LogP contribution in [0.15, 0.2) is 0 Å². The van der Waals surface area contributed by atoms with Gasteiger partial charge >= 0.3 is 0 Å². The first kappa shape index (κ1) is 18.2. The second-order valence-corrected chi connectivity index (χ2v) is 6.46. The second-order valence-electron chi connectivity index (χ2n) is 6.46. The number of piperidine rings is 1. The van der Waals surface area contributed by atoms with E-state index in [-0.39, 0.29) is 42.2 Å². The molecule has 2 aliphatic rings. The maximum atomic E-state index is 12.6. The summed E-state index contributed by atoms with van der Waals surface area (Å²) < 4.78 is 0. The monoisotopic (exact) mass is 317 g/mol. The number of amides is 2. The zero-order chi connectivity index (χ0) is 14.7. The van der Waals surface area contributed by atoms with E-state index in [0.29, 0.717) is 12.3 Å². The largest absolute Gasteiger partial charge is 0.351 e. The molecule has 2 fully saturated rings. The van der Waals surface area contributed by atoms with Crippen molar-refractivity contribution in [2.75, 3.05) is 19.6 Å². The molecule has 0 saturated carbocycles. The Morgan fingerprint density at radius 3 is 2.67 bits per heavy atom. The SMILES string of the molecule is CC(C)C(C(=O)NC1CCNCC1C)N1CCCC1=O.Cl. The molecule has 2 rings (SSSR count). The van der Waals surface area contributed by atoms with Gasteiger partial charge in [0.05, 0.1) is 0 Å². The van der Waals surface area contributed by atoms with Crippen molar-refractivity contribution in [2.45, 2.75) is 52.1 Å². The summed E-state index contributed by atoms with van der Waals surface area (Å²) in [5.41, 5.74) is 0. The van der Waals surface area contributed by atoms with E-state index in [1.807, 2.05) is 13.8 Å². The molecule has 0 radical (unpaired) electrons. The molecule has 6 heteroatoms. The van der Waals surface area contributed by atoms with Crippen LogP contribution >= 0.6 is 12.4 Å². The summed E-state index contributed by atoms with van der Waals surface area (Å²) in [4.78, 5) is 26.3. The van der Waals surface area contributed by atoms with Gasteiger partial charge in [-0.05, 0) is 37.8 Å². The molecule has 21 heavy (non-hydrogen) atoms. The highest BCUT2D eigenvalue weighted by Crippen LogP contribution is 2.20. The third-order valence-corrected chi connectivity index (χ3v) is 4.46. The van der Waals surface area contributed by atoms with E-state index in [2.05, 4.69) is 17.6 Å². The van der Waals surface area contributed by atoms with Gasteiger partial charge < -0.3 is 15.5 Å². The van der Waals surface area contributed by atoms with Crippen molar-refractivity contribution >= 4 is 24.2 Å². The zero-order valence-electron chi connectivity index (χ0n) is 13.2. The van der Waals surface area contributed by atoms with Gasteiger partial charge in [-0.25, -0.2) is 0 Å². The van der Waals surface area contributed by atoms with E-state index in [4.69, 9.17) is 0 Å². The second kappa shape index (κ2) is 7.99. The molecule has 2 heterocycles. The van der Waals surface area contributed by atoms with E-state index >= 15 is 0 Å².